The predicted molar refractivity (Wildman–Crippen MR) is 83.1 cm³/mol. The van der Waals surface area contributed by atoms with Gasteiger partial charge in [0, 0.05) is 10.4 Å². The molecule has 0 aliphatic carbocycles. The van der Waals surface area contributed by atoms with Gasteiger partial charge in [-0.25, -0.2) is 9.18 Å². The Kier molecular flexibility index (Phi) is 4.02. The monoisotopic (exact) mass is 334 g/mol. The number of carboxylic acids is 1. The highest BCUT2D eigenvalue weighted by Gasteiger charge is 2.17. The fourth-order valence-corrected chi connectivity index (χ4v) is 2.64. The number of hydrogen-bond acceptors (Lipinski definition) is 3. The standard InChI is InChI=1S/C16H12ClFN2O3/c17-13-6-11(18)3-2-10(13)7-20-14-4-1-9(8-21)5-12(14)15(19-20)16(22)23/h1-6,21H,7-8H2,(H,22,23). The number of aromatic nitrogens is 2. The Morgan fingerprint density at radius 3 is 2.70 bits per heavy atom. The van der Waals surface area contributed by atoms with Crippen molar-refractivity contribution < 1.29 is 19.4 Å². The van der Waals surface area contributed by atoms with Crippen molar-refractivity contribution >= 4 is 28.5 Å². The number of halogens is 2. The highest BCUT2D eigenvalue weighted by atomic mass is 35.5. The van der Waals surface area contributed by atoms with Crippen LogP contribution in [0.2, 0.25) is 5.02 Å². The van der Waals surface area contributed by atoms with Crippen molar-refractivity contribution in [1.82, 2.24) is 9.78 Å². The molecule has 0 unspecified atom stereocenters. The molecule has 0 spiro atoms. The molecule has 2 N–H and O–H groups in total. The molecule has 0 aliphatic heterocycles. The molecule has 3 aromatic rings. The average Bonchev–Trinajstić information content (AvgIpc) is 2.88. The molecule has 1 heterocycles. The molecular formula is C16H12ClFN2O3. The number of benzene rings is 2. The Balaban J connectivity index is 2.12. The second-order valence-electron chi connectivity index (χ2n) is 5.06. The second kappa shape index (κ2) is 5.98. The van der Waals surface area contributed by atoms with E-state index < -0.39 is 11.8 Å². The summed E-state index contributed by atoms with van der Waals surface area (Å²) in [5.74, 6) is -1.60. The molecule has 23 heavy (non-hydrogen) atoms. The van der Waals surface area contributed by atoms with Gasteiger partial charge in [-0.15, -0.1) is 0 Å². The molecule has 0 radical (unpaired) electrons. The van der Waals surface area contributed by atoms with Crippen LogP contribution in [0, 0.1) is 5.82 Å². The number of rotatable bonds is 4. The molecule has 3 rings (SSSR count). The fourth-order valence-electron chi connectivity index (χ4n) is 2.41. The van der Waals surface area contributed by atoms with Crippen LogP contribution in [-0.2, 0) is 13.2 Å². The molecule has 1 aromatic heterocycles. The molecule has 2 aromatic carbocycles. The van der Waals surface area contributed by atoms with E-state index in [2.05, 4.69) is 5.10 Å². The summed E-state index contributed by atoms with van der Waals surface area (Å²) in [4.78, 5) is 11.4. The van der Waals surface area contributed by atoms with E-state index in [0.717, 1.165) is 0 Å². The quantitative estimate of drug-likeness (QED) is 0.769. The maximum absolute atomic E-state index is 13.1. The number of carboxylic acid groups (broad SMARTS) is 1. The van der Waals surface area contributed by atoms with Gasteiger partial charge in [-0.3, -0.25) is 4.68 Å². The summed E-state index contributed by atoms with van der Waals surface area (Å²) in [6, 6.07) is 9.00. The van der Waals surface area contributed by atoms with Crippen LogP contribution in [-0.4, -0.2) is 26.0 Å². The summed E-state index contributed by atoms with van der Waals surface area (Å²) in [5.41, 5.74) is 1.72. The van der Waals surface area contributed by atoms with Gasteiger partial charge in [0.1, 0.15) is 5.82 Å². The highest BCUT2D eigenvalue weighted by Crippen LogP contribution is 2.24. The number of carbonyl (C=O) groups is 1. The molecule has 0 aliphatic rings. The van der Waals surface area contributed by atoms with E-state index in [9.17, 15) is 19.4 Å². The first kappa shape index (κ1) is 15.5. The summed E-state index contributed by atoms with van der Waals surface area (Å²) < 4.78 is 14.6. The number of aliphatic hydroxyl groups excluding tert-OH is 1. The lowest BCUT2D eigenvalue weighted by molar-refractivity contribution is 0.0691. The lowest BCUT2D eigenvalue weighted by atomic mass is 10.1. The summed E-state index contributed by atoms with van der Waals surface area (Å²) in [5, 5.41) is 23.3. The lowest BCUT2D eigenvalue weighted by Crippen LogP contribution is -2.05. The van der Waals surface area contributed by atoms with Crippen LogP contribution in [0.5, 0.6) is 0 Å². The van der Waals surface area contributed by atoms with Gasteiger partial charge >= 0.3 is 5.97 Å². The van der Waals surface area contributed by atoms with E-state index in [1.807, 2.05) is 0 Å². The van der Waals surface area contributed by atoms with Crippen molar-refractivity contribution in [3.63, 3.8) is 0 Å². The van der Waals surface area contributed by atoms with Gasteiger partial charge in [-0.1, -0.05) is 23.7 Å². The minimum absolute atomic E-state index is 0.103. The second-order valence-corrected chi connectivity index (χ2v) is 5.46. The zero-order valence-corrected chi connectivity index (χ0v) is 12.6. The first-order valence-corrected chi connectivity index (χ1v) is 7.15. The maximum atomic E-state index is 13.1. The number of hydrogen-bond donors (Lipinski definition) is 2. The Morgan fingerprint density at radius 1 is 1.26 bits per heavy atom. The molecule has 0 saturated carbocycles. The lowest BCUT2D eigenvalue weighted by Gasteiger charge is -2.06. The van der Waals surface area contributed by atoms with E-state index in [1.165, 1.54) is 22.9 Å². The maximum Gasteiger partial charge on any atom is 0.357 e. The summed E-state index contributed by atoms with van der Waals surface area (Å²) in [6.07, 6.45) is 0. The summed E-state index contributed by atoms with van der Waals surface area (Å²) >= 11 is 6.02. The molecule has 0 atom stereocenters. The van der Waals surface area contributed by atoms with Crippen LogP contribution in [0.4, 0.5) is 4.39 Å². The Morgan fingerprint density at radius 2 is 2.04 bits per heavy atom. The highest BCUT2D eigenvalue weighted by molar-refractivity contribution is 6.31. The van der Waals surface area contributed by atoms with E-state index in [4.69, 9.17) is 11.6 Å². The zero-order valence-electron chi connectivity index (χ0n) is 11.8. The van der Waals surface area contributed by atoms with Gasteiger partial charge in [0.05, 0.1) is 18.7 Å². The minimum atomic E-state index is -1.16. The SMILES string of the molecule is O=C(O)c1nn(Cc2ccc(F)cc2Cl)c2ccc(CO)cc12. The van der Waals surface area contributed by atoms with Crippen LogP contribution in [0.25, 0.3) is 10.9 Å². The molecule has 118 valence electrons. The van der Waals surface area contributed by atoms with E-state index in [-0.39, 0.29) is 23.9 Å². The molecule has 7 heteroatoms. The van der Waals surface area contributed by atoms with Crippen molar-refractivity contribution in [3.05, 3.63) is 64.1 Å². The molecule has 5 nitrogen and oxygen atoms in total. The number of nitrogens with zero attached hydrogens (tertiary/aromatic N) is 2. The van der Waals surface area contributed by atoms with Crippen molar-refractivity contribution in [2.75, 3.05) is 0 Å². The van der Waals surface area contributed by atoms with Crippen LogP contribution in [0.3, 0.4) is 0 Å². The molecule has 0 fully saturated rings. The first-order valence-electron chi connectivity index (χ1n) is 6.77. The van der Waals surface area contributed by atoms with Crippen molar-refractivity contribution in [1.29, 1.82) is 0 Å². The Hall–Kier alpha value is -2.44. The van der Waals surface area contributed by atoms with E-state index in [0.29, 0.717) is 22.0 Å². The van der Waals surface area contributed by atoms with Gasteiger partial charge in [0.15, 0.2) is 5.69 Å². The van der Waals surface area contributed by atoms with Gasteiger partial charge < -0.3 is 10.2 Å². The van der Waals surface area contributed by atoms with Crippen LogP contribution < -0.4 is 0 Å². The Labute approximate surface area is 135 Å². The normalized spacial score (nSPS) is 11.1. The van der Waals surface area contributed by atoms with E-state index in [1.54, 1.807) is 18.2 Å². The molecule has 0 bridgehead atoms. The third-order valence-corrected chi connectivity index (χ3v) is 3.89. The zero-order chi connectivity index (χ0) is 16.6. The van der Waals surface area contributed by atoms with Gasteiger partial charge in [0.2, 0.25) is 0 Å². The predicted octanol–water partition coefficient (Wildman–Crippen LogP) is 3.07. The summed E-state index contributed by atoms with van der Waals surface area (Å²) in [6.45, 7) is 0.0192. The average molecular weight is 335 g/mol. The molecule has 0 amide bonds. The third kappa shape index (κ3) is 2.91. The molecule has 0 saturated heterocycles. The van der Waals surface area contributed by atoms with Crippen LogP contribution in [0.1, 0.15) is 21.6 Å². The largest absolute Gasteiger partial charge is 0.476 e. The smallest absolute Gasteiger partial charge is 0.357 e. The van der Waals surface area contributed by atoms with Crippen LogP contribution in [0.15, 0.2) is 36.4 Å². The fraction of sp³-hybridized carbons (Fsp3) is 0.125. The minimum Gasteiger partial charge on any atom is -0.476 e. The first-order chi connectivity index (χ1) is 11.0. The number of aliphatic hydroxyl groups is 1. The molecular weight excluding hydrogens is 323 g/mol. The van der Waals surface area contributed by atoms with Gasteiger partial charge in [0.25, 0.3) is 0 Å². The van der Waals surface area contributed by atoms with E-state index >= 15 is 0 Å². The summed E-state index contributed by atoms with van der Waals surface area (Å²) in [7, 11) is 0. The van der Waals surface area contributed by atoms with Crippen molar-refractivity contribution in [3.8, 4) is 0 Å². The van der Waals surface area contributed by atoms with Crippen molar-refractivity contribution in [2.45, 2.75) is 13.2 Å². The van der Waals surface area contributed by atoms with Crippen molar-refractivity contribution in [2.24, 2.45) is 0 Å². The van der Waals surface area contributed by atoms with Gasteiger partial charge in [-0.05, 0) is 35.4 Å². The Bertz CT molecular complexity index is 908. The number of aromatic carboxylic acids is 1. The number of fused-ring (bicyclic) bond motifs is 1. The van der Waals surface area contributed by atoms with Crippen LogP contribution >= 0.6 is 11.6 Å². The van der Waals surface area contributed by atoms with Gasteiger partial charge in [-0.2, -0.15) is 5.10 Å². The topological polar surface area (TPSA) is 75.3 Å². The third-order valence-electron chi connectivity index (χ3n) is 3.54.